The molecule has 2 atom stereocenters. The van der Waals surface area contributed by atoms with Crippen molar-refractivity contribution in [3.8, 4) is 0 Å². The number of nitrogens with one attached hydrogen (secondary N) is 1. The van der Waals surface area contributed by atoms with Crippen molar-refractivity contribution in [1.82, 2.24) is 5.32 Å². The molecule has 30 heavy (non-hydrogen) atoms. The van der Waals surface area contributed by atoms with E-state index < -0.39 is 51.7 Å². The first-order valence-electron chi connectivity index (χ1n) is 9.65. The summed E-state index contributed by atoms with van der Waals surface area (Å²) in [7, 11) is -3.90. The number of carbonyl (C=O) groups excluding carboxylic acids is 3. The molecule has 0 aliphatic carbocycles. The van der Waals surface area contributed by atoms with E-state index in [1.807, 2.05) is 0 Å². The van der Waals surface area contributed by atoms with Crippen LogP contribution in [0.15, 0.2) is 0 Å². The molecule has 0 fully saturated rings. The van der Waals surface area contributed by atoms with Crippen LogP contribution in [-0.4, -0.2) is 69.1 Å². The molecule has 0 aromatic rings. The second-order valence-corrected chi connectivity index (χ2v) is 10.6. The Balaban J connectivity index is 4.55. The molecule has 0 radical (unpaired) electrons. The monoisotopic (exact) mass is 453 g/mol. The average molecular weight is 454 g/mol. The molecule has 0 rings (SSSR count). The Bertz CT molecular complexity index is 695. The first kappa shape index (κ1) is 28.3. The summed E-state index contributed by atoms with van der Waals surface area (Å²) >= 11 is 0. The standard InChI is InChI=1S/C19H35NO9S/c1-13(29-17(24)18(3,4)5)11-27-16(23)15(22)19(6,7)12-28-30(25,26)10-8-9-20-14(2)21/h13,15,22H,8-12H2,1-7H3,(H,20,21)/t13-,15?/m1/s1. The molecule has 10 nitrogen and oxygen atoms in total. The lowest BCUT2D eigenvalue weighted by molar-refractivity contribution is -0.171. The summed E-state index contributed by atoms with van der Waals surface area (Å²) in [6, 6.07) is 0. The van der Waals surface area contributed by atoms with Crippen molar-refractivity contribution in [3.63, 3.8) is 0 Å². The summed E-state index contributed by atoms with van der Waals surface area (Å²) in [5, 5.41) is 12.7. The number of hydrogen-bond donors (Lipinski definition) is 2. The highest BCUT2D eigenvalue weighted by Gasteiger charge is 2.37. The molecule has 1 amide bonds. The first-order valence-corrected chi connectivity index (χ1v) is 11.2. The highest BCUT2D eigenvalue weighted by molar-refractivity contribution is 7.86. The zero-order chi connectivity index (χ0) is 23.8. The maximum atomic E-state index is 12.1. The predicted octanol–water partition coefficient (Wildman–Crippen LogP) is 0.767. The normalized spacial score (nSPS) is 14.5. The molecule has 2 N–H and O–H groups in total. The van der Waals surface area contributed by atoms with Crippen LogP contribution in [0.5, 0.6) is 0 Å². The summed E-state index contributed by atoms with van der Waals surface area (Å²) in [5.74, 6) is -2.02. The van der Waals surface area contributed by atoms with Gasteiger partial charge in [-0.25, -0.2) is 4.79 Å². The topological polar surface area (TPSA) is 145 Å². The van der Waals surface area contributed by atoms with Crippen LogP contribution in [-0.2, 0) is 38.2 Å². The lowest BCUT2D eigenvalue weighted by Crippen LogP contribution is -2.42. The number of ether oxygens (including phenoxy) is 2. The quantitative estimate of drug-likeness (QED) is 0.248. The van der Waals surface area contributed by atoms with Crippen LogP contribution >= 0.6 is 0 Å². The van der Waals surface area contributed by atoms with Gasteiger partial charge in [0, 0.05) is 18.9 Å². The van der Waals surface area contributed by atoms with Crippen molar-refractivity contribution in [3.05, 3.63) is 0 Å². The molecular formula is C19H35NO9S. The minimum absolute atomic E-state index is 0.165. The van der Waals surface area contributed by atoms with E-state index >= 15 is 0 Å². The molecule has 0 aromatic heterocycles. The number of aliphatic hydroxyl groups excluding tert-OH is 1. The Morgan fingerprint density at radius 1 is 1.10 bits per heavy atom. The van der Waals surface area contributed by atoms with Gasteiger partial charge in [0.1, 0.15) is 12.7 Å². The van der Waals surface area contributed by atoms with Crippen molar-refractivity contribution in [2.75, 3.05) is 25.5 Å². The molecule has 176 valence electrons. The van der Waals surface area contributed by atoms with Crippen molar-refractivity contribution in [2.45, 2.75) is 67.1 Å². The van der Waals surface area contributed by atoms with Gasteiger partial charge < -0.3 is 19.9 Å². The minimum atomic E-state index is -3.90. The largest absolute Gasteiger partial charge is 0.460 e. The van der Waals surface area contributed by atoms with Gasteiger partial charge in [0.25, 0.3) is 10.1 Å². The van der Waals surface area contributed by atoms with E-state index in [1.54, 1.807) is 27.7 Å². The number of amides is 1. The van der Waals surface area contributed by atoms with Gasteiger partial charge in [0.15, 0.2) is 6.10 Å². The zero-order valence-corrected chi connectivity index (χ0v) is 19.6. The second kappa shape index (κ2) is 11.6. The van der Waals surface area contributed by atoms with Crippen molar-refractivity contribution in [2.24, 2.45) is 10.8 Å². The molecule has 0 aliphatic heterocycles. The summed E-state index contributed by atoms with van der Waals surface area (Å²) in [6.07, 6.45) is -2.20. The van der Waals surface area contributed by atoms with Gasteiger partial charge in [-0.05, 0) is 34.1 Å². The van der Waals surface area contributed by atoms with E-state index in [0.717, 1.165) is 0 Å². The fraction of sp³-hybridized carbons (Fsp3) is 0.842. The fourth-order valence-electron chi connectivity index (χ4n) is 1.88. The molecule has 0 saturated carbocycles. The van der Waals surface area contributed by atoms with E-state index in [2.05, 4.69) is 5.32 Å². The van der Waals surface area contributed by atoms with Crippen LogP contribution in [0.2, 0.25) is 0 Å². The van der Waals surface area contributed by atoms with Crippen LogP contribution in [0, 0.1) is 10.8 Å². The summed E-state index contributed by atoms with van der Waals surface area (Å²) in [4.78, 5) is 34.7. The van der Waals surface area contributed by atoms with Crippen LogP contribution in [0.4, 0.5) is 0 Å². The Morgan fingerprint density at radius 3 is 2.17 bits per heavy atom. The maximum absolute atomic E-state index is 12.1. The molecule has 0 heterocycles. The number of aliphatic hydroxyl groups is 1. The summed E-state index contributed by atoms with van der Waals surface area (Å²) in [5.41, 5.74) is -1.96. The van der Waals surface area contributed by atoms with Crippen molar-refractivity contribution < 1.29 is 41.6 Å². The highest BCUT2D eigenvalue weighted by Crippen LogP contribution is 2.24. The number of esters is 2. The van der Waals surface area contributed by atoms with Gasteiger partial charge in [-0.1, -0.05) is 13.8 Å². The van der Waals surface area contributed by atoms with Crippen molar-refractivity contribution >= 4 is 28.0 Å². The van der Waals surface area contributed by atoms with Crippen LogP contribution in [0.1, 0.15) is 54.9 Å². The van der Waals surface area contributed by atoms with E-state index in [4.69, 9.17) is 13.7 Å². The van der Waals surface area contributed by atoms with Crippen LogP contribution in [0.3, 0.4) is 0 Å². The lowest BCUT2D eigenvalue weighted by atomic mass is 9.88. The van der Waals surface area contributed by atoms with Gasteiger partial charge in [-0.2, -0.15) is 8.42 Å². The zero-order valence-electron chi connectivity index (χ0n) is 18.8. The first-order chi connectivity index (χ1) is 13.5. The highest BCUT2D eigenvalue weighted by atomic mass is 32.2. The van der Waals surface area contributed by atoms with Gasteiger partial charge in [0.2, 0.25) is 5.91 Å². The van der Waals surface area contributed by atoms with Crippen LogP contribution in [0.25, 0.3) is 0 Å². The Labute approximate surface area is 178 Å². The van der Waals surface area contributed by atoms with E-state index in [0.29, 0.717) is 0 Å². The van der Waals surface area contributed by atoms with Crippen LogP contribution < -0.4 is 5.32 Å². The van der Waals surface area contributed by atoms with Gasteiger partial charge in [-0.3, -0.25) is 13.8 Å². The third-order valence-corrected chi connectivity index (χ3v) is 5.17. The molecule has 11 heteroatoms. The second-order valence-electron chi connectivity index (χ2n) is 8.85. The minimum Gasteiger partial charge on any atom is -0.460 e. The number of hydrogen-bond acceptors (Lipinski definition) is 9. The van der Waals surface area contributed by atoms with E-state index in [9.17, 15) is 27.9 Å². The Kier molecular flexibility index (Phi) is 10.9. The smallest absolute Gasteiger partial charge is 0.335 e. The number of carbonyl (C=O) groups is 3. The summed E-state index contributed by atoms with van der Waals surface area (Å²) < 4.78 is 38.9. The molecule has 1 unspecified atom stereocenters. The van der Waals surface area contributed by atoms with Gasteiger partial charge in [0.05, 0.1) is 17.8 Å². The molecular weight excluding hydrogens is 418 g/mol. The molecule has 0 aromatic carbocycles. The van der Waals surface area contributed by atoms with Gasteiger partial charge >= 0.3 is 11.9 Å². The summed E-state index contributed by atoms with van der Waals surface area (Å²) in [6.45, 7) is 10.3. The maximum Gasteiger partial charge on any atom is 0.335 e. The molecule has 0 bridgehead atoms. The van der Waals surface area contributed by atoms with E-state index in [-0.39, 0.29) is 31.2 Å². The Morgan fingerprint density at radius 2 is 1.67 bits per heavy atom. The third kappa shape index (κ3) is 11.5. The SMILES string of the molecule is CC(=O)NCCCS(=O)(=O)OCC(C)(C)C(O)C(=O)OC[C@@H](C)OC(=O)C(C)(C)C. The average Bonchev–Trinajstić information content (AvgIpc) is 2.60. The number of rotatable bonds is 12. The van der Waals surface area contributed by atoms with Crippen molar-refractivity contribution in [1.29, 1.82) is 0 Å². The molecule has 0 aliphatic rings. The van der Waals surface area contributed by atoms with E-state index in [1.165, 1.54) is 20.8 Å². The van der Waals surface area contributed by atoms with Gasteiger partial charge in [-0.15, -0.1) is 0 Å². The predicted molar refractivity (Wildman–Crippen MR) is 109 cm³/mol. The molecule has 0 saturated heterocycles. The molecule has 0 spiro atoms. The third-order valence-electron chi connectivity index (χ3n) is 3.90. The lowest BCUT2D eigenvalue weighted by Gasteiger charge is -2.28. The Hall–Kier alpha value is -1.72. The fourth-order valence-corrected chi connectivity index (χ4v) is 2.98.